The van der Waals surface area contributed by atoms with E-state index in [1.807, 2.05) is 13.8 Å². The molecule has 1 aliphatic rings. The second kappa shape index (κ2) is 6.39. The van der Waals surface area contributed by atoms with Crippen molar-refractivity contribution in [1.82, 2.24) is 4.90 Å². The quantitative estimate of drug-likeness (QED) is 0.834. The van der Waals surface area contributed by atoms with Gasteiger partial charge in [-0.3, -0.25) is 4.79 Å². The number of thioether (sulfide) groups is 1. The third-order valence-electron chi connectivity index (χ3n) is 3.67. The van der Waals surface area contributed by atoms with E-state index in [1.54, 1.807) is 18.2 Å². The first-order chi connectivity index (χ1) is 9.95. The average Bonchev–Trinajstić information content (AvgIpc) is 2.85. The van der Waals surface area contributed by atoms with Gasteiger partial charge in [0.1, 0.15) is 6.04 Å². The molecule has 0 spiro atoms. The molecule has 0 aromatic heterocycles. The Morgan fingerprint density at radius 3 is 2.76 bits per heavy atom. The zero-order chi connectivity index (χ0) is 15.6. The highest BCUT2D eigenvalue weighted by molar-refractivity contribution is 8.00. The summed E-state index contributed by atoms with van der Waals surface area (Å²) in [5.74, 6) is -0.764. The molecule has 5 nitrogen and oxygen atoms in total. The summed E-state index contributed by atoms with van der Waals surface area (Å²) in [5, 5.41) is 9.25. The predicted molar refractivity (Wildman–Crippen MR) is 84.3 cm³/mol. The molecule has 1 aromatic carbocycles. The Hall–Kier alpha value is -1.69. The highest BCUT2D eigenvalue weighted by Crippen LogP contribution is 2.33. The van der Waals surface area contributed by atoms with Crippen LogP contribution in [0.4, 0.5) is 5.69 Å². The summed E-state index contributed by atoms with van der Waals surface area (Å²) in [5.41, 5.74) is 7.76. The van der Waals surface area contributed by atoms with Crippen molar-refractivity contribution in [2.24, 2.45) is 0 Å². The van der Waals surface area contributed by atoms with E-state index in [4.69, 9.17) is 5.73 Å². The summed E-state index contributed by atoms with van der Waals surface area (Å²) in [7, 11) is 0. The highest BCUT2D eigenvalue weighted by Gasteiger charge is 2.41. The molecule has 2 atom stereocenters. The third-order valence-corrected chi connectivity index (χ3v) is 5.03. The summed E-state index contributed by atoms with van der Waals surface area (Å²) in [4.78, 5) is 25.6. The zero-order valence-corrected chi connectivity index (χ0v) is 13.0. The highest BCUT2D eigenvalue weighted by atomic mass is 32.2. The zero-order valence-electron chi connectivity index (χ0n) is 12.2. The van der Waals surface area contributed by atoms with E-state index in [0.717, 1.165) is 18.4 Å². The number of aryl methyl sites for hydroxylation is 1. The molecule has 2 rings (SSSR count). The monoisotopic (exact) mass is 308 g/mol. The lowest BCUT2D eigenvalue weighted by Crippen LogP contribution is -2.45. The fourth-order valence-corrected chi connectivity index (χ4v) is 3.93. The largest absolute Gasteiger partial charge is 0.480 e. The number of carbonyl (C=O) groups is 2. The molecule has 3 N–H and O–H groups in total. The second-order valence-corrected chi connectivity index (χ2v) is 6.43. The van der Waals surface area contributed by atoms with Gasteiger partial charge in [0, 0.05) is 17.0 Å². The van der Waals surface area contributed by atoms with Gasteiger partial charge in [-0.1, -0.05) is 19.4 Å². The first-order valence-corrected chi connectivity index (χ1v) is 8.03. The number of carboxylic acids is 1. The van der Waals surface area contributed by atoms with Crippen molar-refractivity contribution >= 4 is 29.3 Å². The predicted octanol–water partition coefficient (Wildman–Crippen LogP) is 2.35. The number of hydrogen-bond donors (Lipinski definition) is 2. The SMILES string of the molecule is CCCC1SCC(C(=O)O)N1C(=O)c1ccc(C)c(N)c1. The minimum absolute atomic E-state index is 0.0777. The molecule has 6 heteroatoms. The number of benzene rings is 1. The van der Waals surface area contributed by atoms with Crippen molar-refractivity contribution in [3.63, 3.8) is 0 Å². The Morgan fingerprint density at radius 1 is 1.48 bits per heavy atom. The number of aliphatic carboxylic acids is 1. The third kappa shape index (κ3) is 3.15. The van der Waals surface area contributed by atoms with Gasteiger partial charge in [-0.2, -0.15) is 0 Å². The molecule has 0 aliphatic carbocycles. The van der Waals surface area contributed by atoms with E-state index in [2.05, 4.69) is 0 Å². The first-order valence-electron chi connectivity index (χ1n) is 6.99. The van der Waals surface area contributed by atoms with Gasteiger partial charge in [0.15, 0.2) is 0 Å². The van der Waals surface area contributed by atoms with Crippen molar-refractivity contribution in [3.05, 3.63) is 29.3 Å². The van der Waals surface area contributed by atoms with Gasteiger partial charge in [0.2, 0.25) is 0 Å². The number of nitrogen functional groups attached to an aromatic ring is 1. The average molecular weight is 308 g/mol. The van der Waals surface area contributed by atoms with Crippen LogP contribution in [0.15, 0.2) is 18.2 Å². The number of anilines is 1. The topological polar surface area (TPSA) is 83.6 Å². The van der Waals surface area contributed by atoms with Crippen LogP contribution < -0.4 is 5.73 Å². The molecule has 1 heterocycles. The number of rotatable bonds is 4. The van der Waals surface area contributed by atoms with Crippen molar-refractivity contribution in [2.75, 3.05) is 11.5 Å². The molecule has 21 heavy (non-hydrogen) atoms. The van der Waals surface area contributed by atoms with Crippen LogP contribution in [0.1, 0.15) is 35.7 Å². The van der Waals surface area contributed by atoms with Crippen molar-refractivity contribution in [2.45, 2.75) is 38.1 Å². The smallest absolute Gasteiger partial charge is 0.327 e. The molecule has 1 aliphatic heterocycles. The fraction of sp³-hybridized carbons (Fsp3) is 0.467. The molecule has 0 radical (unpaired) electrons. The minimum Gasteiger partial charge on any atom is -0.480 e. The van der Waals surface area contributed by atoms with Gasteiger partial charge < -0.3 is 15.7 Å². The number of nitrogens with two attached hydrogens (primary N) is 1. The number of nitrogens with zero attached hydrogens (tertiary/aromatic N) is 1. The van der Waals surface area contributed by atoms with Gasteiger partial charge in [-0.05, 0) is 31.0 Å². The first kappa shape index (κ1) is 15.7. The van der Waals surface area contributed by atoms with Gasteiger partial charge in [0.25, 0.3) is 5.91 Å². The van der Waals surface area contributed by atoms with Crippen molar-refractivity contribution in [1.29, 1.82) is 0 Å². The van der Waals surface area contributed by atoms with Crippen LogP contribution in [0.25, 0.3) is 0 Å². The molecule has 114 valence electrons. The van der Waals surface area contributed by atoms with Crippen molar-refractivity contribution < 1.29 is 14.7 Å². The second-order valence-electron chi connectivity index (χ2n) is 5.21. The molecular weight excluding hydrogens is 288 g/mol. The van der Waals surface area contributed by atoms with E-state index in [1.165, 1.54) is 16.7 Å². The molecule has 1 fully saturated rings. The molecule has 1 amide bonds. The lowest BCUT2D eigenvalue weighted by Gasteiger charge is -2.27. The molecular formula is C15H20N2O3S. The molecule has 1 aromatic rings. The summed E-state index contributed by atoms with van der Waals surface area (Å²) >= 11 is 1.53. The Balaban J connectivity index is 2.31. The summed E-state index contributed by atoms with van der Waals surface area (Å²) in [6, 6.07) is 4.36. The maximum atomic E-state index is 12.7. The summed E-state index contributed by atoms with van der Waals surface area (Å²) in [6.45, 7) is 3.90. The maximum Gasteiger partial charge on any atom is 0.327 e. The van der Waals surface area contributed by atoms with Crippen LogP contribution in [0.2, 0.25) is 0 Å². The molecule has 2 unspecified atom stereocenters. The number of carbonyl (C=O) groups excluding carboxylic acids is 1. The van der Waals surface area contributed by atoms with E-state index < -0.39 is 12.0 Å². The van der Waals surface area contributed by atoms with E-state index in [-0.39, 0.29) is 11.3 Å². The summed E-state index contributed by atoms with van der Waals surface area (Å²) < 4.78 is 0. The van der Waals surface area contributed by atoms with Crippen LogP contribution in [0.3, 0.4) is 0 Å². The van der Waals surface area contributed by atoms with Crippen LogP contribution >= 0.6 is 11.8 Å². The number of amides is 1. The molecule has 0 bridgehead atoms. The lowest BCUT2D eigenvalue weighted by molar-refractivity contribution is -0.141. The minimum atomic E-state index is -0.950. The van der Waals surface area contributed by atoms with Crippen LogP contribution in [0.5, 0.6) is 0 Å². The van der Waals surface area contributed by atoms with Crippen LogP contribution in [-0.4, -0.2) is 39.1 Å². The van der Waals surface area contributed by atoms with Crippen LogP contribution in [0, 0.1) is 6.92 Å². The standard InChI is InChI=1S/C15H20N2O3S/c1-3-4-13-17(12(8-21-13)15(19)20)14(18)10-6-5-9(2)11(16)7-10/h5-7,12-13H,3-4,8,16H2,1-2H3,(H,19,20). The number of hydrogen-bond acceptors (Lipinski definition) is 4. The van der Waals surface area contributed by atoms with Gasteiger partial charge in [-0.15, -0.1) is 11.8 Å². The van der Waals surface area contributed by atoms with Gasteiger partial charge >= 0.3 is 5.97 Å². The Bertz CT molecular complexity index is 562. The van der Waals surface area contributed by atoms with Crippen LogP contribution in [-0.2, 0) is 4.79 Å². The van der Waals surface area contributed by atoms with Gasteiger partial charge in [-0.25, -0.2) is 4.79 Å². The Kier molecular flexibility index (Phi) is 4.77. The van der Waals surface area contributed by atoms with E-state index in [9.17, 15) is 14.7 Å². The van der Waals surface area contributed by atoms with E-state index in [0.29, 0.717) is 17.0 Å². The molecule has 0 saturated carbocycles. The fourth-order valence-electron chi connectivity index (χ4n) is 2.42. The van der Waals surface area contributed by atoms with Crippen molar-refractivity contribution in [3.8, 4) is 0 Å². The molecule has 1 saturated heterocycles. The Labute approximate surface area is 128 Å². The number of carboxylic acid groups (broad SMARTS) is 1. The summed E-state index contributed by atoms with van der Waals surface area (Å²) in [6.07, 6.45) is 1.70. The van der Waals surface area contributed by atoms with E-state index >= 15 is 0 Å². The van der Waals surface area contributed by atoms with Gasteiger partial charge in [0.05, 0.1) is 5.37 Å². The normalized spacial score (nSPS) is 21.5. The maximum absolute atomic E-state index is 12.7. The Morgan fingerprint density at radius 2 is 2.19 bits per heavy atom. The lowest BCUT2D eigenvalue weighted by atomic mass is 10.1.